The minimum Gasteiger partial charge on any atom is -0.396 e. The molecule has 0 fully saturated rings. The Labute approximate surface area is 137 Å². The zero-order chi connectivity index (χ0) is 16.7. The van der Waals surface area contributed by atoms with Gasteiger partial charge in [-0.2, -0.15) is 0 Å². The summed E-state index contributed by atoms with van der Waals surface area (Å²) in [5.41, 5.74) is 3.66. The Balaban J connectivity index is 2.09. The van der Waals surface area contributed by atoms with E-state index in [2.05, 4.69) is 19.1 Å². The smallest absolute Gasteiger partial charge is 0.131 e. The maximum absolute atomic E-state index is 14.4. The highest BCUT2D eigenvalue weighted by molar-refractivity contribution is 5.64. The van der Waals surface area contributed by atoms with Crippen molar-refractivity contribution in [2.24, 2.45) is 5.92 Å². The quantitative estimate of drug-likeness (QED) is 0.773. The molecule has 0 aromatic heterocycles. The zero-order valence-corrected chi connectivity index (χ0v) is 13.6. The molecule has 2 aromatic carbocycles. The first-order valence-corrected chi connectivity index (χ1v) is 8.27. The van der Waals surface area contributed by atoms with E-state index in [0.717, 1.165) is 24.0 Å². The summed E-state index contributed by atoms with van der Waals surface area (Å²) in [6, 6.07) is 13.3. The molecule has 0 radical (unpaired) electrons. The largest absolute Gasteiger partial charge is 0.396 e. The van der Waals surface area contributed by atoms with Crippen LogP contribution in [0.1, 0.15) is 30.9 Å². The van der Waals surface area contributed by atoms with E-state index in [4.69, 9.17) is 10.2 Å². The molecule has 0 spiro atoms. The average Bonchev–Trinajstić information content (AvgIpc) is 2.57. The van der Waals surface area contributed by atoms with Gasteiger partial charge in [0.25, 0.3) is 0 Å². The Bertz CT molecular complexity index is 604. The van der Waals surface area contributed by atoms with Crippen molar-refractivity contribution in [3.8, 4) is 11.1 Å². The fourth-order valence-corrected chi connectivity index (χ4v) is 2.70. The number of aliphatic hydroxyl groups excluding tert-OH is 2. The predicted octanol–water partition coefficient (Wildman–Crippen LogP) is 3.98. The van der Waals surface area contributed by atoms with Gasteiger partial charge < -0.3 is 10.2 Å². The number of hydrogen-bond donors (Lipinski definition) is 2. The van der Waals surface area contributed by atoms with Crippen molar-refractivity contribution in [1.82, 2.24) is 0 Å². The normalized spacial score (nSPS) is 11.2. The van der Waals surface area contributed by atoms with E-state index in [-0.39, 0.29) is 24.9 Å². The minimum atomic E-state index is -0.227. The third kappa shape index (κ3) is 4.88. The maximum Gasteiger partial charge on any atom is 0.131 e. The Kier molecular flexibility index (Phi) is 6.75. The van der Waals surface area contributed by atoms with Crippen molar-refractivity contribution in [2.75, 3.05) is 13.2 Å². The van der Waals surface area contributed by atoms with Crippen molar-refractivity contribution in [2.45, 2.75) is 32.6 Å². The minimum absolute atomic E-state index is 0.0405. The first-order chi connectivity index (χ1) is 11.2. The maximum atomic E-state index is 14.4. The van der Waals surface area contributed by atoms with Crippen LogP contribution in [0.4, 0.5) is 4.39 Å². The molecule has 0 aliphatic rings. The standard InChI is InChI=1S/C20H25FO2/c1-2-3-15-6-9-18(10-7-15)19-11-8-16(12-20(19)21)4-5-17(13-22)14-23/h6-12,17,22-23H,2-5,13-14H2,1H3. The van der Waals surface area contributed by atoms with E-state index >= 15 is 0 Å². The average molecular weight is 316 g/mol. The van der Waals surface area contributed by atoms with Crippen LogP contribution in [0.5, 0.6) is 0 Å². The van der Waals surface area contributed by atoms with Gasteiger partial charge in [-0.3, -0.25) is 0 Å². The monoisotopic (exact) mass is 316 g/mol. The van der Waals surface area contributed by atoms with Crippen LogP contribution >= 0.6 is 0 Å². The summed E-state index contributed by atoms with van der Waals surface area (Å²) in [6.45, 7) is 2.06. The number of halogens is 1. The molecule has 0 aliphatic heterocycles. The third-order valence-corrected chi connectivity index (χ3v) is 4.19. The van der Waals surface area contributed by atoms with Crippen molar-refractivity contribution in [3.63, 3.8) is 0 Å². The second kappa shape index (κ2) is 8.80. The number of aliphatic hydroxyl groups is 2. The van der Waals surface area contributed by atoms with Crippen molar-refractivity contribution >= 4 is 0 Å². The first kappa shape index (κ1) is 17.6. The van der Waals surface area contributed by atoms with Crippen molar-refractivity contribution < 1.29 is 14.6 Å². The topological polar surface area (TPSA) is 40.5 Å². The van der Waals surface area contributed by atoms with Crippen LogP contribution in [-0.4, -0.2) is 23.4 Å². The Morgan fingerprint density at radius 1 is 0.913 bits per heavy atom. The summed E-state index contributed by atoms with van der Waals surface area (Å²) >= 11 is 0. The van der Waals surface area contributed by atoms with Gasteiger partial charge in [0, 0.05) is 24.7 Å². The van der Waals surface area contributed by atoms with Gasteiger partial charge in [0.15, 0.2) is 0 Å². The van der Waals surface area contributed by atoms with Crippen molar-refractivity contribution in [1.29, 1.82) is 0 Å². The Morgan fingerprint density at radius 3 is 2.13 bits per heavy atom. The lowest BCUT2D eigenvalue weighted by atomic mass is 9.97. The molecule has 0 unspecified atom stereocenters. The molecule has 0 heterocycles. The fourth-order valence-electron chi connectivity index (χ4n) is 2.70. The van der Waals surface area contributed by atoms with Crippen LogP contribution in [0.3, 0.4) is 0 Å². The van der Waals surface area contributed by atoms with E-state index in [1.54, 1.807) is 6.07 Å². The van der Waals surface area contributed by atoms with Gasteiger partial charge in [-0.05, 0) is 42.0 Å². The molecule has 0 saturated carbocycles. The van der Waals surface area contributed by atoms with Gasteiger partial charge in [-0.1, -0.05) is 49.7 Å². The fraction of sp³-hybridized carbons (Fsp3) is 0.400. The number of benzene rings is 2. The molecule has 0 atom stereocenters. The van der Waals surface area contributed by atoms with Gasteiger partial charge in [0.2, 0.25) is 0 Å². The Morgan fingerprint density at radius 2 is 1.57 bits per heavy atom. The molecule has 23 heavy (non-hydrogen) atoms. The zero-order valence-electron chi connectivity index (χ0n) is 13.6. The van der Waals surface area contributed by atoms with E-state index in [9.17, 15) is 4.39 Å². The molecule has 2 nitrogen and oxygen atoms in total. The van der Waals surface area contributed by atoms with Crippen LogP contribution < -0.4 is 0 Å². The lowest BCUT2D eigenvalue weighted by Crippen LogP contribution is -2.11. The van der Waals surface area contributed by atoms with Crippen LogP contribution in [0.25, 0.3) is 11.1 Å². The highest BCUT2D eigenvalue weighted by Crippen LogP contribution is 2.25. The summed E-state index contributed by atoms with van der Waals surface area (Å²) in [4.78, 5) is 0. The molecule has 0 saturated heterocycles. The molecular weight excluding hydrogens is 291 g/mol. The first-order valence-electron chi connectivity index (χ1n) is 8.27. The molecule has 2 aromatic rings. The molecule has 2 rings (SSSR count). The van der Waals surface area contributed by atoms with Crippen LogP contribution in [-0.2, 0) is 12.8 Å². The molecule has 2 N–H and O–H groups in total. The van der Waals surface area contributed by atoms with E-state index in [1.165, 1.54) is 5.56 Å². The van der Waals surface area contributed by atoms with E-state index < -0.39 is 0 Å². The van der Waals surface area contributed by atoms with Crippen molar-refractivity contribution in [3.05, 3.63) is 59.4 Å². The summed E-state index contributed by atoms with van der Waals surface area (Å²) in [6.07, 6.45) is 3.44. The van der Waals surface area contributed by atoms with Gasteiger partial charge in [-0.15, -0.1) is 0 Å². The molecule has 0 bridgehead atoms. The van der Waals surface area contributed by atoms with Crippen LogP contribution in [0.2, 0.25) is 0 Å². The number of hydrogen-bond acceptors (Lipinski definition) is 2. The second-order valence-corrected chi connectivity index (χ2v) is 6.03. The molecule has 0 amide bonds. The van der Waals surface area contributed by atoms with Gasteiger partial charge in [0.1, 0.15) is 5.82 Å². The van der Waals surface area contributed by atoms with Gasteiger partial charge in [-0.25, -0.2) is 4.39 Å². The third-order valence-electron chi connectivity index (χ3n) is 4.19. The summed E-state index contributed by atoms with van der Waals surface area (Å²) in [7, 11) is 0. The summed E-state index contributed by atoms with van der Waals surface area (Å²) in [5, 5.41) is 18.2. The Hall–Kier alpha value is -1.71. The molecule has 124 valence electrons. The molecule has 3 heteroatoms. The molecule has 0 aliphatic carbocycles. The van der Waals surface area contributed by atoms with E-state index in [0.29, 0.717) is 18.4 Å². The van der Waals surface area contributed by atoms with Gasteiger partial charge in [0.05, 0.1) is 0 Å². The molecular formula is C20H25FO2. The van der Waals surface area contributed by atoms with Crippen LogP contribution in [0, 0.1) is 11.7 Å². The highest BCUT2D eigenvalue weighted by atomic mass is 19.1. The number of rotatable bonds is 8. The van der Waals surface area contributed by atoms with Gasteiger partial charge >= 0.3 is 0 Å². The summed E-state index contributed by atoms with van der Waals surface area (Å²) < 4.78 is 14.4. The predicted molar refractivity (Wildman–Crippen MR) is 91.8 cm³/mol. The highest BCUT2D eigenvalue weighted by Gasteiger charge is 2.09. The summed E-state index contributed by atoms with van der Waals surface area (Å²) in [5.74, 6) is -0.362. The van der Waals surface area contributed by atoms with E-state index in [1.807, 2.05) is 24.3 Å². The second-order valence-electron chi connectivity index (χ2n) is 6.03. The number of aryl methyl sites for hydroxylation is 2. The van der Waals surface area contributed by atoms with Crippen LogP contribution in [0.15, 0.2) is 42.5 Å². The lowest BCUT2D eigenvalue weighted by molar-refractivity contribution is 0.144. The lowest BCUT2D eigenvalue weighted by Gasteiger charge is -2.11. The SMILES string of the molecule is CCCc1ccc(-c2ccc(CCC(CO)CO)cc2F)cc1.